The average molecular weight is 238 g/mol. The first-order chi connectivity index (χ1) is 7.75. The van der Waals surface area contributed by atoms with Gasteiger partial charge < -0.3 is 5.32 Å². The van der Waals surface area contributed by atoms with Crippen LogP contribution in [-0.4, -0.2) is 24.0 Å². The van der Waals surface area contributed by atoms with E-state index < -0.39 is 0 Å². The topological polar surface area (TPSA) is 15.3 Å². The van der Waals surface area contributed by atoms with Crippen LogP contribution in [0.25, 0.3) is 0 Å². The standard InChI is InChI=1S/C13H22N2S/c1-11(2)14-9-13-12(5-8-16-13)10-15-6-3-4-7-15/h5,8,11,14H,3-4,6-7,9-10H2,1-2H3. The van der Waals surface area contributed by atoms with Gasteiger partial charge in [0.1, 0.15) is 0 Å². The lowest BCUT2D eigenvalue weighted by atomic mass is 10.2. The zero-order valence-corrected chi connectivity index (χ0v) is 11.1. The molecule has 2 nitrogen and oxygen atoms in total. The first-order valence-electron chi connectivity index (χ1n) is 6.26. The van der Waals surface area contributed by atoms with Crippen LogP contribution in [0.1, 0.15) is 37.1 Å². The second-order valence-electron chi connectivity index (χ2n) is 4.89. The van der Waals surface area contributed by atoms with Crippen molar-refractivity contribution in [2.24, 2.45) is 0 Å². The molecule has 0 saturated carbocycles. The zero-order chi connectivity index (χ0) is 11.4. The lowest BCUT2D eigenvalue weighted by molar-refractivity contribution is 0.330. The number of nitrogens with one attached hydrogen (secondary N) is 1. The number of nitrogens with zero attached hydrogens (tertiary/aromatic N) is 1. The van der Waals surface area contributed by atoms with Crippen molar-refractivity contribution >= 4 is 11.3 Å². The van der Waals surface area contributed by atoms with Crippen molar-refractivity contribution in [2.45, 2.75) is 45.8 Å². The molecule has 3 heteroatoms. The number of rotatable bonds is 5. The number of thiophene rings is 1. The summed E-state index contributed by atoms with van der Waals surface area (Å²) >= 11 is 1.89. The normalized spacial score (nSPS) is 17.4. The Morgan fingerprint density at radius 3 is 2.81 bits per heavy atom. The Bertz CT molecular complexity index is 313. The highest BCUT2D eigenvalue weighted by Crippen LogP contribution is 2.20. The Hall–Kier alpha value is -0.380. The van der Waals surface area contributed by atoms with E-state index in [1.165, 1.54) is 36.4 Å². The smallest absolute Gasteiger partial charge is 0.0305 e. The molecule has 1 saturated heterocycles. The molecule has 1 aromatic rings. The molecule has 0 aromatic carbocycles. The van der Waals surface area contributed by atoms with Gasteiger partial charge >= 0.3 is 0 Å². The van der Waals surface area contributed by atoms with E-state index in [4.69, 9.17) is 0 Å². The minimum atomic E-state index is 0.571. The van der Waals surface area contributed by atoms with E-state index in [0.717, 1.165) is 13.1 Å². The van der Waals surface area contributed by atoms with Crippen LogP contribution in [0.5, 0.6) is 0 Å². The molecule has 1 aliphatic rings. The molecule has 1 fully saturated rings. The monoisotopic (exact) mass is 238 g/mol. The fourth-order valence-corrected chi connectivity index (χ4v) is 2.99. The quantitative estimate of drug-likeness (QED) is 0.848. The van der Waals surface area contributed by atoms with Gasteiger partial charge in [0.25, 0.3) is 0 Å². The van der Waals surface area contributed by atoms with E-state index >= 15 is 0 Å². The average Bonchev–Trinajstić information content (AvgIpc) is 2.87. The highest BCUT2D eigenvalue weighted by molar-refractivity contribution is 7.10. The van der Waals surface area contributed by atoms with Crippen molar-refractivity contribution in [3.05, 3.63) is 21.9 Å². The molecule has 90 valence electrons. The van der Waals surface area contributed by atoms with Crippen LogP contribution in [0.3, 0.4) is 0 Å². The summed E-state index contributed by atoms with van der Waals surface area (Å²) in [5.74, 6) is 0. The molecule has 1 aromatic heterocycles. The van der Waals surface area contributed by atoms with Gasteiger partial charge in [0.2, 0.25) is 0 Å². The highest BCUT2D eigenvalue weighted by Gasteiger charge is 2.14. The predicted octanol–water partition coefficient (Wildman–Crippen LogP) is 2.84. The predicted molar refractivity (Wildman–Crippen MR) is 70.8 cm³/mol. The van der Waals surface area contributed by atoms with Crippen LogP contribution in [0.4, 0.5) is 0 Å². The van der Waals surface area contributed by atoms with Crippen LogP contribution < -0.4 is 5.32 Å². The fourth-order valence-electron chi connectivity index (χ4n) is 2.14. The summed E-state index contributed by atoms with van der Waals surface area (Å²) in [7, 11) is 0. The molecule has 1 aliphatic heterocycles. The molecule has 0 amide bonds. The van der Waals surface area contributed by atoms with Crippen LogP contribution in [0, 0.1) is 0 Å². The van der Waals surface area contributed by atoms with E-state index in [0.29, 0.717) is 6.04 Å². The van der Waals surface area contributed by atoms with E-state index in [2.05, 4.69) is 35.5 Å². The second-order valence-corrected chi connectivity index (χ2v) is 5.89. The highest BCUT2D eigenvalue weighted by atomic mass is 32.1. The zero-order valence-electron chi connectivity index (χ0n) is 10.3. The van der Waals surface area contributed by atoms with Crippen molar-refractivity contribution in [3.63, 3.8) is 0 Å². The summed E-state index contributed by atoms with van der Waals surface area (Å²) in [4.78, 5) is 4.08. The summed E-state index contributed by atoms with van der Waals surface area (Å²) in [6, 6.07) is 2.86. The molecular formula is C13H22N2S. The maximum atomic E-state index is 3.51. The van der Waals surface area contributed by atoms with Gasteiger partial charge in [-0.15, -0.1) is 11.3 Å². The molecule has 16 heavy (non-hydrogen) atoms. The van der Waals surface area contributed by atoms with Gasteiger partial charge in [0, 0.05) is 24.0 Å². The van der Waals surface area contributed by atoms with Gasteiger partial charge in [0.05, 0.1) is 0 Å². The van der Waals surface area contributed by atoms with Crippen molar-refractivity contribution in [1.29, 1.82) is 0 Å². The lowest BCUT2D eigenvalue weighted by Crippen LogP contribution is -2.23. The Kier molecular flexibility index (Phi) is 4.38. The fraction of sp³-hybridized carbons (Fsp3) is 0.692. The van der Waals surface area contributed by atoms with Crippen LogP contribution in [-0.2, 0) is 13.1 Å². The second kappa shape index (κ2) is 5.80. The van der Waals surface area contributed by atoms with Crippen molar-refractivity contribution < 1.29 is 0 Å². The van der Waals surface area contributed by atoms with Crippen molar-refractivity contribution in [3.8, 4) is 0 Å². The van der Waals surface area contributed by atoms with Crippen molar-refractivity contribution in [1.82, 2.24) is 10.2 Å². The summed E-state index contributed by atoms with van der Waals surface area (Å²) in [5.41, 5.74) is 1.53. The molecule has 0 aliphatic carbocycles. The molecule has 2 rings (SSSR count). The third-order valence-corrected chi connectivity index (χ3v) is 4.06. The SMILES string of the molecule is CC(C)NCc1sccc1CN1CCCC1. The molecular weight excluding hydrogens is 216 g/mol. The van der Waals surface area contributed by atoms with Gasteiger partial charge in [-0.3, -0.25) is 4.90 Å². The summed E-state index contributed by atoms with van der Waals surface area (Å²) in [6.45, 7) is 9.15. The van der Waals surface area contributed by atoms with Gasteiger partial charge in [-0.1, -0.05) is 13.8 Å². The molecule has 0 spiro atoms. The minimum Gasteiger partial charge on any atom is -0.310 e. The molecule has 0 radical (unpaired) electrons. The van der Waals surface area contributed by atoms with Gasteiger partial charge in [-0.05, 0) is 42.9 Å². The molecule has 0 atom stereocenters. The van der Waals surface area contributed by atoms with E-state index in [1.807, 2.05) is 11.3 Å². The maximum Gasteiger partial charge on any atom is 0.0305 e. The summed E-state index contributed by atoms with van der Waals surface area (Å²) in [5, 5.41) is 5.73. The van der Waals surface area contributed by atoms with Crippen LogP contribution in [0.15, 0.2) is 11.4 Å². The first-order valence-corrected chi connectivity index (χ1v) is 7.14. The van der Waals surface area contributed by atoms with Crippen molar-refractivity contribution in [2.75, 3.05) is 13.1 Å². The lowest BCUT2D eigenvalue weighted by Gasteiger charge is -2.15. The number of hydrogen-bond acceptors (Lipinski definition) is 3. The number of hydrogen-bond donors (Lipinski definition) is 1. The van der Waals surface area contributed by atoms with E-state index in [-0.39, 0.29) is 0 Å². The number of likely N-dealkylation sites (tertiary alicyclic amines) is 1. The Morgan fingerprint density at radius 2 is 2.12 bits per heavy atom. The molecule has 1 N–H and O–H groups in total. The summed E-state index contributed by atoms with van der Waals surface area (Å²) in [6.07, 6.45) is 2.76. The van der Waals surface area contributed by atoms with Gasteiger partial charge in [0.15, 0.2) is 0 Å². The third kappa shape index (κ3) is 3.30. The van der Waals surface area contributed by atoms with E-state index in [1.54, 1.807) is 0 Å². The Balaban J connectivity index is 1.90. The van der Waals surface area contributed by atoms with Crippen LogP contribution >= 0.6 is 11.3 Å². The largest absolute Gasteiger partial charge is 0.310 e. The Labute approximate surface area is 103 Å². The molecule has 0 unspecified atom stereocenters. The summed E-state index contributed by atoms with van der Waals surface area (Å²) < 4.78 is 0. The Morgan fingerprint density at radius 1 is 1.38 bits per heavy atom. The van der Waals surface area contributed by atoms with Gasteiger partial charge in [-0.25, -0.2) is 0 Å². The van der Waals surface area contributed by atoms with Crippen LogP contribution in [0.2, 0.25) is 0 Å². The minimum absolute atomic E-state index is 0.571. The van der Waals surface area contributed by atoms with E-state index in [9.17, 15) is 0 Å². The maximum absolute atomic E-state index is 3.51. The third-order valence-electron chi connectivity index (χ3n) is 3.10. The molecule has 0 bridgehead atoms. The molecule has 2 heterocycles. The first kappa shape index (κ1) is 12.1. The van der Waals surface area contributed by atoms with Gasteiger partial charge in [-0.2, -0.15) is 0 Å².